The summed E-state index contributed by atoms with van der Waals surface area (Å²) in [5.74, 6) is 1.18. The molecule has 0 atom stereocenters. The minimum Gasteiger partial charge on any atom is -0.333 e. The molecule has 0 aromatic carbocycles. The highest BCUT2D eigenvalue weighted by atomic mass is 35.5. The first kappa shape index (κ1) is 11.6. The van der Waals surface area contributed by atoms with Gasteiger partial charge in [-0.1, -0.05) is 27.7 Å². The fraction of sp³-hybridized carbons (Fsp3) is 0.727. The van der Waals surface area contributed by atoms with Gasteiger partial charge in [0.25, 0.3) is 0 Å². The highest BCUT2D eigenvalue weighted by Crippen LogP contribution is 2.28. The topological polar surface area (TPSA) is 17.8 Å². The second-order valence-corrected chi connectivity index (χ2v) is 5.06. The Labute approximate surface area is 91.3 Å². The van der Waals surface area contributed by atoms with Crippen LogP contribution in [-0.4, -0.2) is 9.55 Å². The molecule has 1 aromatic heterocycles. The molecule has 0 fully saturated rings. The van der Waals surface area contributed by atoms with Gasteiger partial charge in [0.15, 0.2) is 0 Å². The molecule has 0 amide bonds. The second kappa shape index (κ2) is 4.35. The fourth-order valence-corrected chi connectivity index (χ4v) is 1.45. The molecular weight excluding hydrogens is 196 g/mol. The maximum Gasteiger partial charge on any atom is 0.0948 e. The van der Waals surface area contributed by atoms with Crippen LogP contribution >= 0.6 is 11.6 Å². The van der Waals surface area contributed by atoms with Gasteiger partial charge in [-0.2, -0.15) is 0 Å². The fourth-order valence-electron chi connectivity index (χ4n) is 1.22. The summed E-state index contributed by atoms with van der Waals surface area (Å²) in [6.07, 6.45) is 3.70. The van der Waals surface area contributed by atoms with E-state index in [1.165, 1.54) is 0 Å². The highest BCUT2D eigenvalue weighted by Gasteiger charge is 2.23. The zero-order valence-corrected chi connectivity index (χ0v) is 10.2. The smallest absolute Gasteiger partial charge is 0.0948 e. The molecule has 0 saturated heterocycles. The first-order valence-corrected chi connectivity index (χ1v) is 5.56. The Morgan fingerprint density at radius 2 is 2.14 bits per heavy atom. The zero-order valence-electron chi connectivity index (χ0n) is 9.42. The van der Waals surface area contributed by atoms with Gasteiger partial charge in [0, 0.05) is 12.7 Å². The summed E-state index contributed by atoms with van der Waals surface area (Å²) < 4.78 is 2.15. The van der Waals surface area contributed by atoms with E-state index in [1.54, 1.807) is 0 Å². The Morgan fingerprint density at radius 1 is 1.50 bits per heavy atom. The van der Waals surface area contributed by atoms with Gasteiger partial charge in [0.1, 0.15) is 0 Å². The number of hydrogen-bond donors (Lipinski definition) is 0. The zero-order chi connectivity index (χ0) is 10.8. The predicted molar refractivity (Wildman–Crippen MR) is 60.4 cm³/mol. The van der Waals surface area contributed by atoms with E-state index in [0.29, 0.717) is 11.8 Å². The molecule has 0 spiro atoms. The number of hydrogen-bond acceptors (Lipinski definition) is 1. The third kappa shape index (κ3) is 2.50. The van der Waals surface area contributed by atoms with Crippen molar-refractivity contribution in [1.82, 2.24) is 9.55 Å². The number of aromatic nitrogens is 2. The molecule has 0 aliphatic carbocycles. The van der Waals surface area contributed by atoms with Gasteiger partial charge in [0.05, 0.1) is 17.9 Å². The number of alkyl halides is 1. The third-order valence-electron chi connectivity index (χ3n) is 3.08. The average molecular weight is 215 g/mol. The van der Waals surface area contributed by atoms with Crippen molar-refractivity contribution >= 4 is 11.6 Å². The largest absolute Gasteiger partial charge is 0.333 e. The van der Waals surface area contributed by atoms with Crippen LogP contribution in [0.4, 0.5) is 0 Å². The summed E-state index contributed by atoms with van der Waals surface area (Å²) in [4.78, 5) is 4.11. The van der Waals surface area contributed by atoms with Crippen molar-refractivity contribution in [1.29, 1.82) is 0 Å². The summed E-state index contributed by atoms with van der Waals surface area (Å²) in [7, 11) is 0. The van der Waals surface area contributed by atoms with E-state index in [1.807, 2.05) is 12.5 Å². The molecule has 3 heteroatoms. The van der Waals surface area contributed by atoms with E-state index < -0.39 is 0 Å². The molecular formula is C11H19ClN2. The van der Waals surface area contributed by atoms with Gasteiger partial charge in [0.2, 0.25) is 0 Å². The number of imidazole rings is 1. The van der Waals surface area contributed by atoms with E-state index in [2.05, 4.69) is 37.2 Å². The molecule has 0 radical (unpaired) electrons. The lowest BCUT2D eigenvalue weighted by Gasteiger charge is -2.30. The average Bonchev–Trinajstić information content (AvgIpc) is 2.50. The quantitative estimate of drug-likeness (QED) is 0.704. The lowest BCUT2D eigenvalue weighted by atomic mass is 9.81. The van der Waals surface area contributed by atoms with Crippen molar-refractivity contribution < 1.29 is 0 Å². The molecule has 0 saturated carbocycles. The minimum atomic E-state index is 0.279. The van der Waals surface area contributed by atoms with E-state index >= 15 is 0 Å². The number of halogens is 1. The van der Waals surface area contributed by atoms with Crippen LogP contribution in [0.2, 0.25) is 0 Å². The SMILES string of the molecule is CC(C)C(C)(C)Cn1cncc1CCl. The second-order valence-electron chi connectivity index (χ2n) is 4.79. The van der Waals surface area contributed by atoms with Crippen LogP contribution in [0.3, 0.4) is 0 Å². The molecule has 80 valence electrons. The summed E-state index contributed by atoms with van der Waals surface area (Å²) >= 11 is 5.82. The summed E-state index contributed by atoms with van der Waals surface area (Å²) in [5, 5.41) is 0. The van der Waals surface area contributed by atoms with Crippen LogP contribution in [0.15, 0.2) is 12.5 Å². The minimum absolute atomic E-state index is 0.279. The van der Waals surface area contributed by atoms with Crippen LogP contribution in [0.25, 0.3) is 0 Å². The van der Waals surface area contributed by atoms with E-state index in [9.17, 15) is 0 Å². The Kier molecular flexibility index (Phi) is 3.59. The first-order chi connectivity index (χ1) is 6.47. The van der Waals surface area contributed by atoms with Crippen molar-refractivity contribution in [2.24, 2.45) is 11.3 Å². The number of rotatable bonds is 4. The molecule has 1 rings (SSSR count). The van der Waals surface area contributed by atoms with Crippen LogP contribution in [-0.2, 0) is 12.4 Å². The standard InChI is InChI=1S/C11H19ClN2/c1-9(2)11(3,4)7-14-8-13-6-10(14)5-12/h6,8-9H,5,7H2,1-4H3. The van der Waals surface area contributed by atoms with Gasteiger partial charge >= 0.3 is 0 Å². The lowest BCUT2D eigenvalue weighted by molar-refractivity contribution is 0.208. The molecule has 0 bridgehead atoms. The summed E-state index contributed by atoms with van der Waals surface area (Å²) in [6.45, 7) is 10.0. The van der Waals surface area contributed by atoms with Crippen molar-refractivity contribution in [3.05, 3.63) is 18.2 Å². The van der Waals surface area contributed by atoms with Crippen molar-refractivity contribution in [3.63, 3.8) is 0 Å². The molecule has 1 heterocycles. The van der Waals surface area contributed by atoms with Gasteiger partial charge in [-0.15, -0.1) is 11.6 Å². The summed E-state index contributed by atoms with van der Waals surface area (Å²) in [5.41, 5.74) is 1.38. The van der Waals surface area contributed by atoms with Crippen molar-refractivity contribution in [2.45, 2.75) is 40.1 Å². The van der Waals surface area contributed by atoms with E-state index in [4.69, 9.17) is 11.6 Å². The third-order valence-corrected chi connectivity index (χ3v) is 3.35. The van der Waals surface area contributed by atoms with Gasteiger partial charge in [-0.3, -0.25) is 0 Å². The Morgan fingerprint density at radius 3 is 2.64 bits per heavy atom. The number of nitrogens with zero attached hydrogens (tertiary/aromatic N) is 2. The van der Waals surface area contributed by atoms with E-state index in [0.717, 1.165) is 12.2 Å². The Balaban J connectivity index is 2.78. The monoisotopic (exact) mass is 214 g/mol. The molecule has 0 aliphatic rings. The lowest BCUT2D eigenvalue weighted by Crippen LogP contribution is -2.26. The van der Waals surface area contributed by atoms with Gasteiger partial charge in [-0.25, -0.2) is 4.98 Å². The summed E-state index contributed by atoms with van der Waals surface area (Å²) in [6, 6.07) is 0. The maximum atomic E-state index is 5.82. The highest BCUT2D eigenvalue weighted by molar-refractivity contribution is 6.16. The predicted octanol–water partition coefficient (Wildman–Crippen LogP) is 3.30. The molecule has 2 nitrogen and oxygen atoms in total. The molecule has 14 heavy (non-hydrogen) atoms. The van der Waals surface area contributed by atoms with Crippen LogP contribution in [0, 0.1) is 11.3 Å². The van der Waals surface area contributed by atoms with Gasteiger partial charge < -0.3 is 4.57 Å². The Bertz CT molecular complexity index is 289. The van der Waals surface area contributed by atoms with Crippen LogP contribution in [0.1, 0.15) is 33.4 Å². The van der Waals surface area contributed by atoms with Crippen LogP contribution < -0.4 is 0 Å². The maximum absolute atomic E-state index is 5.82. The first-order valence-electron chi connectivity index (χ1n) is 5.02. The van der Waals surface area contributed by atoms with Gasteiger partial charge in [-0.05, 0) is 11.3 Å². The normalized spacial score (nSPS) is 12.4. The molecule has 0 unspecified atom stereocenters. The molecule has 1 aromatic rings. The van der Waals surface area contributed by atoms with Crippen molar-refractivity contribution in [3.8, 4) is 0 Å². The Hall–Kier alpha value is -0.500. The molecule has 0 aliphatic heterocycles. The van der Waals surface area contributed by atoms with Crippen LogP contribution in [0.5, 0.6) is 0 Å². The van der Waals surface area contributed by atoms with E-state index in [-0.39, 0.29) is 5.41 Å². The van der Waals surface area contributed by atoms with Crippen molar-refractivity contribution in [2.75, 3.05) is 0 Å². The molecule has 0 N–H and O–H groups in total.